The van der Waals surface area contributed by atoms with E-state index >= 15 is 0 Å². The summed E-state index contributed by atoms with van der Waals surface area (Å²) in [6, 6.07) is 0.370. The summed E-state index contributed by atoms with van der Waals surface area (Å²) in [6.45, 7) is 9.13. The van der Waals surface area contributed by atoms with Crippen molar-refractivity contribution in [2.24, 2.45) is 16.8 Å². The Kier molecular flexibility index (Phi) is 4.39. The van der Waals surface area contributed by atoms with Crippen molar-refractivity contribution in [2.75, 3.05) is 20.1 Å². The van der Waals surface area contributed by atoms with Crippen molar-refractivity contribution in [3.8, 4) is 0 Å². The summed E-state index contributed by atoms with van der Waals surface area (Å²) in [5.41, 5.74) is 2.76. The summed E-state index contributed by atoms with van der Waals surface area (Å²) in [4.78, 5) is 7.44. The monoisotopic (exact) mass is 246 g/mol. The number of hydrogen-bond donors (Lipinski definition) is 0. The standard InChI is InChI=1S/C16H26N2/c1-12-6-5-7-13(2)16(12)17-14(3)15-8-10-18(4)11-9-15/h5-7,12,15-16H,8-11H2,1-4H3/t12-,16?/m1/s1. The Labute approximate surface area is 111 Å². The van der Waals surface area contributed by atoms with Gasteiger partial charge in [0.15, 0.2) is 0 Å². The van der Waals surface area contributed by atoms with Crippen molar-refractivity contribution in [3.63, 3.8) is 0 Å². The van der Waals surface area contributed by atoms with E-state index in [4.69, 9.17) is 4.99 Å². The molecule has 1 aliphatic heterocycles. The Bertz CT molecular complexity index is 371. The minimum atomic E-state index is 0.370. The number of piperidine rings is 1. The van der Waals surface area contributed by atoms with E-state index in [-0.39, 0.29) is 0 Å². The molecule has 100 valence electrons. The fourth-order valence-corrected chi connectivity index (χ4v) is 2.97. The highest BCUT2D eigenvalue weighted by molar-refractivity contribution is 5.84. The minimum Gasteiger partial charge on any atom is -0.306 e. The molecule has 2 atom stereocenters. The van der Waals surface area contributed by atoms with Crippen molar-refractivity contribution in [3.05, 3.63) is 23.8 Å². The van der Waals surface area contributed by atoms with Crippen LogP contribution in [0.25, 0.3) is 0 Å². The summed E-state index contributed by atoms with van der Waals surface area (Å²) in [5.74, 6) is 1.24. The van der Waals surface area contributed by atoms with Crippen LogP contribution in [-0.4, -0.2) is 36.8 Å². The van der Waals surface area contributed by atoms with Crippen LogP contribution in [0.5, 0.6) is 0 Å². The van der Waals surface area contributed by atoms with E-state index in [1.165, 1.54) is 37.2 Å². The molecular formula is C16H26N2. The molecule has 0 N–H and O–H groups in total. The van der Waals surface area contributed by atoms with Gasteiger partial charge in [-0.2, -0.15) is 0 Å². The second-order valence-corrected chi connectivity index (χ2v) is 5.95. The maximum atomic E-state index is 5.03. The summed E-state index contributed by atoms with van der Waals surface area (Å²) in [5, 5.41) is 0. The van der Waals surface area contributed by atoms with E-state index in [1.807, 2.05) is 0 Å². The van der Waals surface area contributed by atoms with Crippen molar-refractivity contribution in [1.82, 2.24) is 4.90 Å². The Morgan fingerprint density at radius 2 is 2.00 bits per heavy atom. The van der Waals surface area contributed by atoms with Crippen LogP contribution in [0, 0.1) is 11.8 Å². The highest BCUT2D eigenvalue weighted by atomic mass is 15.1. The van der Waals surface area contributed by atoms with Gasteiger partial charge in [-0.15, -0.1) is 0 Å². The molecular weight excluding hydrogens is 220 g/mol. The van der Waals surface area contributed by atoms with E-state index in [0.717, 1.165) is 0 Å². The maximum absolute atomic E-state index is 5.03. The van der Waals surface area contributed by atoms with Crippen LogP contribution in [0.15, 0.2) is 28.8 Å². The quantitative estimate of drug-likeness (QED) is 0.683. The first-order valence-corrected chi connectivity index (χ1v) is 7.15. The zero-order valence-corrected chi connectivity index (χ0v) is 12.2. The minimum absolute atomic E-state index is 0.370. The molecule has 18 heavy (non-hydrogen) atoms. The van der Waals surface area contributed by atoms with Crippen LogP contribution >= 0.6 is 0 Å². The van der Waals surface area contributed by atoms with Crippen LogP contribution in [0.1, 0.15) is 33.6 Å². The highest BCUT2D eigenvalue weighted by Gasteiger charge is 2.22. The van der Waals surface area contributed by atoms with E-state index in [0.29, 0.717) is 17.9 Å². The smallest absolute Gasteiger partial charge is 0.0768 e. The lowest BCUT2D eigenvalue weighted by molar-refractivity contribution is 0.251. The predicted molar refractivity (Wildman–Crippen MR) is 79.2 cm³/mol. The third-order valence-corrected chi connectivity index (χ3v) is 4.39. The topological polar surface area (TPSA) is 15.6 Å². The van der Waals surface area contributed by atoms with E-state index < -0.39 is 0 Å². The van der Waals surface area contributed by atoms with Gasteiger partial charge in [0.1, 0.15) is 0 Å². The van der Waals surface area contributed by atoms with Crippen molar-refractivity contribution >= 4 is 5.71 Å². The zero-order chi connectivity index (χ0) is 13.1. The first-order chi connectivity index (χ1) is 8.58. The Balaban J connectivity index is 2.03. The van der Waals surface area contributed by atoms with Crippen LogP contribution in [0.2, 0.25) is 0 Å². The summed E-state index contributed by atoms with van der Waals surface area (Å²) in [6.07, 6.45) is 9.17. The van der Waals surface area contributed by atoms with Gasteiger partial charge in [0.2, 0.25) is 0 Å². The molecule has 1 fully saturated rings. The summed E-state index contributed by atoms with van der Waals surface area (Å²) >= 11 is 0. The third kappa shape index (κ3) is 3.11. The van der Waals surface area contributed by atoms with Gasteiger partial charge < -0.3 is 4.90 Å². The second kappa shape index (κ2) is 5.83. The average molecular weight is 246 g/mol. The average Bonchev–Trinajstić information content (AvgIpc) is 2.34. The molecule has 1 unspecified atom stereocenters. The molecule has 0 aromatic carbocycles. The lowest BCUT2D eigenvalue weighted by Gasteiger charge is -2.30. The van der Waals surface area contributed by atoms with Gasteiger partial charge in [0.05, 0.1) is 6.04 Å². The molecule has 0 spiro atoms. The molecule has 0 aromatic heterocycles. The summed E-state index contributed by atoms with van der Waals surface area (Å²) in [7, 11) is 2.21. The zero-order valence-electron chi connectivity index (χ0n) is 12.2. The third-order valence-electron chi connectivity index (χ3n) is 4.39. The first-order valence-electron chi connectivity index (χ1n) is 7.15. The summed E-state index contributed by atoms with van der Waals surface area (Å²) < 4.78 is 0. The largest absolute Gasteiger partial charge is 0.306 e. The molecule has 0 bridgehead atoms. The van der Waals surface area contributed by atoms with Gasteiger partial charge in [-0.25, -0.2) is 0 Å². The normalized spacial score (nSPS) is 31.6. The number of aliphatic imine (C=N–C) groups is 1. The van der Waals surface area contributed by atoms with Crippen LogP contribution in [0.4, 0.5) is 0 Å². The molecule has 0 saturated carbocycles. The van der Waals surface area contributed by atoms with Crippen molar-refractivity contribution in [2.45, 2.75) is 39.7 Å². The fraction of sp³-hybridized carbons (Fsp3) is 0.688. The lowest BCUT2D eigenvalue weighted by Crippen LogP contribution is -2.33. The second-order valence-electron chi connectivity index (χ2n) is 5.95. The number of allylic oxidation sites excluding steroid dienone is 2. The number of hydrogen-bond acceptors (Lipinski definition) is 2. The van der Waals surface area contributed by atoms with Gasteiger partial charge in [-0.05, 0) is 58.3 Å². The van der Waals surface area contributed by atoms with Crippen molar-refractivity contribution < 1.29 is 0 Å². The number of rotatable bonds is 2. The Hall–Kier alpha value is -0.890. The SMILES string of the molecule is CC1=CC=C[C@@H](C)C1N=C(C)C1CCN(C)CC1. The van der Waals surface area contributed by atoms with Gasteiger partial charge in [-0.1, -0.05) is 25.2 Å². The number of likely N-dealkylation sites (tertiary alicyclic amines) is 1. The molecule has 2 rings (SSSR count). The van der Waals surface area contributed by atoms with Gasteiger partial charge in [0, 0.05) is 11.6 Å². The van der Waals surface area contributed by atoms with Crippen LogP contribution in [0.3, 0.4) is 0 Å². The molecule has 1 heterocycles. The van der Waals surface area contributed by atoms with E-state index in [2.05, 4.69) is 50.9 Å². The van der Waals surface area contributed by atoms with E-state index in [9.17, 15) is 0 Å². The molecule has 0 aromatic rings. The Morgan fingerprint density at radius 3 is 2.61 bits per heavy atom. The molecule has 2 aliphatic rings. The lowest BCUT2D eigenvalue weighted by atomic mass is 9.89. The molecule has 1 saturated heterocycles. The number of nitrogens with zero attached hydrogens (tertiary/aromatic N) is 2. The molecule has 2 heteroatoms. The highest BCUT2D eigenvalue weighted by Crippen LogP contribution is 2.25. The van der Waals surface area contributed by atoms with Gasteiger partial charge >= 0.3 is 0 Å². The van der Waals surface area contributed by atoms with Crippen LogP contribution < -0.4 is 0 Å². The Morgan fingerprint density at radius 1 is 1.33 bits per heavy atom. The molecule has 1 aliphatic carbocycles. The molecule has 0 radical (unpaired) electrons. The predicted octanol–water partition coefficient (Wildman–Crippen LogP) is 3.31. The van der Waals surface area contributed by atoms with Gasteiger partial charge in [-0.3, -0.25) is 4.99 Å². The van der Waals surface area contributed by atoms with Crippen LogP contribution in [-0.2, 0) is 0 Å². The molecule has 2 nitrogen and oxygen atoms in total. The first kappa shape index (κ1) is 13.5. The molecule has 0 amide bonds. The fourth-order valence-electron chi connectivity index (χ4n) is 2.97. The van der Waals surface area contributed by atoms with E-state index in [1.54, 1.807) is 0 Å². The van der Waals surface area contributed by atoms with Crippen molar-refractivity contribution in [1.29, 1.82) is 0 Å². The van der Waals surface area contributed by atoms with Gasteiger partial charge in [0.25, 0.3) is 0 Å². The maximum Gasteiger partial charge on any atom is 0.0768 e.